The molecule has 1 aromatic carbocycles. The molecule has 0 spiro atoms. The van der Waals surface area contributed by atoms with E-state index in [1.165, 1.54) is 16.8 Å². The molecule has 0 unspecified atom stereocenters. The fourth-order valence-electron chi connectivity index (χ4n) is 2.54. The molecule has 2 N–H and O–H groups in total. The van der Waals surface area contributed by atoms with Crippen LogP contribution in [0.4, 0.5) is 10.5 Å². The van der Waals surface area contributed by atoms with Crippen LogP contribution in [0.1, 0.15) is 5.56 Å². The first-order valence-electron chi connectivity index (χ1n) is 7.70. The summed E-state index contributed by atoms with van der Waals surface area (Å²) in [6.45, 7) is 0.451. The lowest BCUT2D eigenvalue weighted by Crippen LogP contribution is -2.31. The molecule has 0 aliphatic carbocycles. The third kappa shape index (κ3) is 3.14. The summed E-state index contributed by atoms with van der Waals surface area (Å²) >= 11 is 5.90. The number of carbonyl (C=O) groups excluding carboxylic acids is 1. The van der Waals surface area contributed by atoms with E-state index in [1.807, 2.05) is 6.07 Å². The van der Waals surface area contributed by atoms with Gasteiger partial charge in [0.05, 0.1) is 11.2 Å². The van der Waals surface area contributed by atoms with E-state index >= 15 is 0 Å². The molecule has 3 aromatic rings. The summed E-state index contributed by atoms with van der Waals surface area (Å²) in [4.78, 5) is 28.6. The van der Waals surface area contributed by atoms with E-state index in [1.54, 1.807) is 24.3 Å². The van der Waals surface area contributed by atoms with Crippen LogP contribution in [0.15, 0.2) is 47.5 Å². The SMILES string of the molecule is O=C(NCc1ccc2c(c1)OCO2)Nc1cnc2ccc(Cl)cn2c1=O. The maximum atomic E-state index is 12.4. The van der Waals surface area contributed by atoms with Crippen molar-refractivity contribution in [3.63, 3.8) is 0 Å². The summed E-state index contributed by atoms with van der Waals surface area (Å²) in [5, 5.41) is 5.57. The summed E-state index contributed by atoms with van der Waals surface area (Å²) in [6.07, 6.45) is 2.76. The van der Waals surface area contributed by atoms with Gasteiger partial charge in [-0.25, -0.2) is 9.78 Å². The number of amides is 2. The molecule has 1 aliphatic heterocycles. The van der Waals surface area contributed by atoms with Crippen molar-refractivity contribution >= 4 is 29.0 Å². The lowest BCUT2D eigenvalue weighted by molar-refractivity contribution is 0.174. The van der Waals surface area contributed by atoms with Crippen LogP contribution in [0.3, 0.4) is 0 Å². The fourth-order valence-corrected chi connectivity index (χ4v) is 2.70. The van der Waals surface area contributed by atoms with Gasteiger partial charge in [0, 0.05) is 12.7 Å². The van der Waals surface area contributed by atoms with Crippen LogP contribution in [0, 0.1) is 0 Å². The van der Waals surface area contributed by atoms with Gasteiger partial charge in [-0.3, -0.25) is 9.20 Å². The summed E-state index contributed by atoms with van der Waals surface area (Å²) in [5.41, 5.74) is 0.902. The average molecular weight is 373 g/mol. The molecule has 0 radical (unpaired) electrons. The largest absolute Gasteiger partial charge is 0.454 e. The van der Waals surface area contributed by atoms with E-state index in [0.29, 0.717) is 22.2 Å². The van der Waals surface area contributed by atoms with Gasteiger partial charge in [-0.1, -0.05) is 17.7 Å². The molecule has 2 amide bonds. The molecular formula is C17H13ClN4O4. The Bertz CT molecular complexity index is 1070. The van der Waals surface area contributed by atoms with Gasteiger partial charge in [-0.2, -0.15) is 0 Å². The van der Waals surface area contributed by atoms with Gasteiger partial charge in [0.25, 0.3) is 5.56 Å². The number of hydrogen-bond acceptors (Lipinski definition) is 5. The molecule has 3 heterocycles. The molecular weight excluding hydrogens is 360 g/mol. The van der Waals surface area contributed by atoms with E-state index in [0.717, 1.165) is 5.56 Å². The number of ether oxygens (including phenoxy) is 2. The summed E-state index contributed by atoms with van der Waals surface area (Å²) in [7, 11) is 0. The van der Waals surface area contributed by atoms with Crippen LogP contribution in [-0.2, 0) is 6.54 Å². The summed E-state index contributed by atoms with van der Waals surface area (Å²) < 4.78 is 11.8. The highest BCUT2D eigenvalue weighted by Crippen LogP contribution is 2.32. The number of nitrogens with zero attached hydrogens (tertiary/aromatic N) is 2. The maximum absolute atomic E-state index is 12.4. The quantitative estimate of drug-likeness (QED) is 0.736. The van der Waals surface area contributed by atoms with Gasteiger partial charge < -0.3 is 20.1 Å². The second-order valence-corrected chi connectivity index (χ2v) is 5.98. The van der Waals surface area contributed by atoms with Crippen molar-refractivity contribution in [2.75, 3.05) is 12.1 Å². The number of benzene rings is 1. The summed E-state index contributed by atoms with van der Waals surface area (Å²) in [5.74, 6) is 1.31. The number of nitrogens with one attached hydrogen (secondary N) is 2. The van der Waals surface area contributed by atoms with E-state index in [9.17, 15) is 9.59 Å². The minimum atomic E-state index is -0.524. The third-order valence-electron chi connectivity index (χ3n) is 3.80. The van der Waals surface area contributed by atoms with Crippen molar-refractivity contribution in [3.05, 3.63) is 63.7 Å². The Morgan fingerprint density at radius 1 is 1.23 bits per heavy atom. The fraction of sp³-hybridized carbons (Fsp3) is 0.118. The molecule has 132 valence electrons. The first kappa shape index (κ1) is 16.2. The Morgan fingerprint density at radius 2 is 2.08 bits per heavy atom. The molecule has 0 saturated carbocycles. The van der Waals surface area contributed by atoms with Crippen molar-refractivity contribution < 1.29 is 14.3 Å². The van der Waals surface area contributed by atoms with Gasteiger partial charge in [-0.05, 0) is 29.8 Å². The van der Waals surface area contributed by atoms with E-state index < -0.39 is 11.6 Å². The lowest BCUT2D eigenvalue weighted by Gasteiger charge is -2.09. The Morgan fingerprint density at radius 3 is 2.96 bits per heavy atom. The van der Waals surface area contributed by atoms with Crippen LogP contribution in [0.5, 0.6) is 11.5 Å². The molecule has 0 saturated heterocycles. The molecule has 9 heteroatoms. The number of anilines is 1. The first-order chi connectivity index (χ1) is 12.6. The Balaban J connectivity index is 1.46. The molecule has 8 nitrogen and oxygen atoms in total. The van der Waals surface area contributed by atoms with Crippen molar-refractivity contribution in [2.45, 2.75) is 6.54 Å². The topological polar surface area (TPSA) is 94.0 Å². The maximum Gasteiger partial charge on any atom is 0.319 e. The van der Waals surface area contributed by atoms with Crippen LogP contribution in [0.2, 0.25) is 5.02 Å². The predicted molar refractivity (Wildman–Crippen MR) is 94.9 cm³/mol. The average Bonchev–Trinajstić information content (AvgIpc) is 3.10. The van der Waals surface area contributed by atoms with E-state index in [4.69, 9.17) is 21.1 Å². The number of aromatic nitrogens is 2. The second kappa shape index (κ2) is 6.57. The van der Waals surface area contributed by atoms with Crippen molar-refractivity contribution in [3.8, 4) is 11.5 Å². The monoisotopic (exact) mass is 372 g/mol. The highest BCUT2D eigenvalue weighted by Gasteiger charge is 2.14. The standard InChI is InChI=1S/C17H13ClN4O4/c18-11-2-4-15-19-7-12(16(23)22(15)8-11)21-17(24)20-6-10-1-3-13-14(5-10)26-9-25-13/h1-5,7-8H,6,9H2,(H2,20,21,24). The minimum Gasteiger partial charge on any atom is -0.454 e. The Kier molecular flexibility index (Phi) is 4.10. The number of pyridine rings is 1. The highest BCUT2D eigenvalue weighted by atomic mass is 35.5. The smallest absolute Gasteiger partial charge is 0.319 e. The van der Waals surface area contributed by atoms with E-state index in [2.05, 4.69) is 15.6 Å². The third-order valence-corrected chi connectivity index (χ3v) is 4.03. The van der Waals surface area contributed by atoms with Crippen LogP contribution in [-0.4, -0.2) is 22.2 Å². The molecule has 4 rings (SSSR count). The normalized spacial score (nSPS) is 12.2. The number of hydrogen-bond donors (Lipinski definition) is 2. The molecule has 0 bridgehead atoms. The zero-order valence-corrected chi connectivity index (χ0v) is 14.1. The number of carbonyl (C=O) groups is 1. The second-order valence-electron chi connectivity index (χ2n) is 5.55. The first-order valence-corrected chi connectivity index (χ1v) is 8.08. The molecule has 26 heavy (non-hydrogen) atoms. The van der Waals surface area contributed by atoms with Crippen molar-refractivity contribution in [2.24, 2.45) is 0 Å². The van der Waals surface area contributed by atoms with Gasteiger partial charge >= 0.3 is 6.03 Å². The minimum absolute atomic E-state index is 0.0490. The zero-order chi connectivity index (χ0) is 18.1. The molecule has 1 aliphatic rings. The highest BCUT2D eigenvalue weighted by molar-refractivity contribution is 6.30. The number of rotatable bonds is 3. The van der Waals surface area contributed by atoms with E-state index in [-0.39, 0.29) is 19.0 Å². The Hall–Kier alpha value is -3.26. The molecule has 2 aromatic heterocycles. The van der Waals surface area contributed by atoms with Gasteiger partial charge in [0.2, 0.25) is 6.79 Å². The molecule has 0 fully saturated rings. The Labute approximate surface area is 152 Å². The van der Waals surface area contributed by atoms with Crippen LogP contribution in [0.25, 0.3) is 5.65 Å². The number of fused-ring (bicyclic) bond motifs is 2. The predicted octanol–water partition coefficient (Wildman–Crippen LogP) is 2.40. The number of halogens is 1. The van der Waals surface area contributed by atoms with Crippen LogP contribution >= 0.6 is 11.6 Å². The number of urea groups is 1. The van der Waals surface area contributed by atoms with Crippen LogP contribution < -0.4 is 25.7 Å². The van der Waals surface area contributed by atoms with Gasteiger partial charge in [-0.15, -0.1) is 0 Å². The molecule has 0 atom stereocenters. The van der Waals surface area contributed by atoms with Crippen molar-refractivity contribution in [1.82, 2.24) is 14.7 Å². The summed E-state index contributed by atoms with van der Waals surface area (Å²) in [6, 6.07) is 8.12. The van der Waals surface area contributed by atoms with Gasteiger partial charge in [0.15, 0.2) is 11.5 Å². The van der Waals surface area contributed by atoms with Gasteiger partial charge in [0.1, 0.15) is 11.3 Å². The van der Waals surface area contributed by atoms with Crippen molar-refractivity contribution in [1.29, 1.82) is 0 Å². The zero-order valence-electron chi connectivity index (χ0n) is 13.4. The lowest BCUT2D eigenvalue weighted by atomic mass is 10.2.